The molecule has 0 amide bonds. The van der Waals surface area contributed by atoms with Crippen LogP contribution < -0.4 is 214 Å². The van der Waals surface area contributed by atoms with Gasteiger partial charge in [-0.1, -0.05) is 24.3 Å². The van der Waals surface area contributed by atoms with E-state index in [0.717, 1.165) is 42.5 Å². The minimum absolute atomic E-state index is 0. The van der Waals surface area contributed by atoms with Crippen molar-refractivity contribution in [3.63, 3.8) is 0 Å². The summed E-state index contributed by atoms with van der Waals surface area (Å²) in [5, 5.41) is 51.3. The molecule has 0 saturated heterocycles. The average Bonchev–Trinajstić information content (AvgIpc) is 3.25. The van der Waals surface area contributed by atoms with Gasteiger partial charge in [0.1, 0.15) is 30.4 Å². The van der Waals surface area contributed by atoms with Crippen LogP contribution in [0.5, 0.6) is 0 Å². The minimum atomic E-state index is -5.21. The van der Waals surface area contributed by atoms with Crippen molar-refractivity contribution in [2.24, 2.45) is 0 Å². The van der Waals surface area contributed by atoms with E-state index in [4.69, 9.17) is 23.2 Å². The molecule has 0 aliphatic rings. The molecule has 74 heavy (non-hydrogen) atoms. The minimum Gasteiger partial charge on any atom is -0.744 e. The monoisotopic (exact) mass is 1230 g/mol. The van der Waals surface area contributed by atoms with Crippen molar-refractivity contribution in [1.29, 1.82) is 0 Å². The van der Waals surface area contributed by atoms with Crippen LogP contribution in [0.4, 0.5) is 46.5 Å². The van der Waals surface area contributed by atoms with E-state index < -0.39 is 56.3 Å². The summed E-state index contributed by atoms with van der Waals surface area (Å²) < 4.78 is 121. The van der Waals surface area contributed by atoms with Crippen LogP contribution in [-0.2, 0) is 58.5 Å². The van der Waals surface area contributed by atoms with E-state index in [1.807, 2.05) is 0 Å². The number of rotatable bonds is 22. The quantitative estimate of drug-likeness (QED) is 0.0122. The Bertz CT molecular complexity index is 3240. The van der Waals surface area contributed by atoms with E-state index in [2.05, 4.69) is 79.3 Å². The van der Waals surface area contributed by atoms with Gasteiger partial charge in [-0.3, -0.25) is 15.1 Å². The SMILES string of the molecule is O=S(=O)([O-])c1ccc(SOO[O-])c(Nc2nc(Cl)nc(Nc3ccc(C=Cc4ccc(Nc5nc(Cl)nc(Nc6cc(SOO[O-])ccc6S(=O)(=O)[O-])n5)cc4S(=O)(=O)[O-])c(SOO[O-])c3)n2)c1.[Na+].[Na+].[Na+].[Na+].[Na+].[Na+]. The van der Waals surface area contributed by atoms with Gasteiger partial charge in [-0.15, -0.1) is 0 Å². The fourth-order valence-electron chi connectivity index (χ4n) is 5.26. The topological polar surface area (TPSA) is 422 Å². The Morgan fingerprint density at radius 2 is 0.919 bits per heavy atom. The summed E-state index contributed by atoms with van der Waals surface area (Å²) in [7, 11) is -15.2. The van der Waals surface area contributed by atoms with Crippen LogP contribution in [0.3, 0.4) is 0 Å². The summed E-state index contributed by atoms with van der Waals surface area (Å²) in [6.45, 7) is 0. The number of nitrogens with one attached hydrogen (secondary N) is 4. The van der Waals surface area contributed by atoms with Gasteiger partial charge in [0.25, 0.3) is 0 Å². The Hall–Kier alpha value is 0.840. The van der Waals surface area contributed by atoms with Gasteiger partial charge in [0.05, 0.1) is 67.1 Å². The number of benzene rings is 4. The molecule has 28 nitrogen and oxygen atoms in total. The maximum absolute atomic E-state index is 12.5. The summed E-state index contributed by atoms with van der Waals surface area (Å²) in [5.41, 5.74) is -0.242. The standard InChI is InChI=1S/C32H24Cl2N10O18S6.6Na/c33-27-39-29(43-31(41-27)37-21-14-20(66(48,49)50)8-9-23(21)64-61-58-46)35-17-5-3-15(24(11-17)65-62-59-47)1-2-16-4-6-18(12-26(16)68(54,55)56)36-30-40-28(34)42-32(44-30)38-22-13-19(63-60-57-45)7-10-25(22)67(51,52)53;;;;;;/h1-14,45-47H,(H,48,49,50)(H,51,52,53)(H,54,55,56)(H2,35,37,39,41,43)(H2,36,38,40,42,44);;;;;;/q;6*+1/p-6. The van der Waals surface area contributed by atoms with Gasteiger partial charge in [0.2, 0.25) is 34.4 Å². The Labute approximate surface area is 574 Å². The molecule has 0 radical (unpaired) electrons. The second kappa shape index (κ2) is 35.0. The number of hydrogen-bond donors (Lipinski definition) is 4. The van der Waals surface area contributed by atoms with Crippen LogP contribution in [0.2, 0.25) is 10.6 Å². The molecule has 4 N–H and O–H groups in total. The molecule has 0 aliphatic carbocycles. The third-order valence-corrected chi connectivity index (χ3v) is 12.7. The van der Waals surface area contributed by atoms with E-state index >= 15 is 0 Å². The summed E-state index contributed by atoms with van der Waals surface area (Å²) in [6, 6.07) is 13.9. The molecule has 6 rings (SSSR count). The second-order valence-corrected chi connectivity index (χ2v) is 19.2. The van der Waals surface area contributed by atoms with E-state index in [1.54, 1.807) is 0 Å². The fourth-order valence-corrected chi connectivity index (χ4v) is 8.71. The zero-order valence-electron chi connectivity index (χ0n) is 38.3. The Kier molecular flexibility index (Phi) is 35.4. The van der Waals surface area contributed by atoms with Crippen molar-refractivity contribution in [3.05, 3.63) is 94.5 Å². The maximum atomic E-state index is 12.5. The fraction of sp³-hybridized carbons (Fsp3) is 0. The zero-order valence-corrected chi connectivity index (χ0v) is 56.7. The Morgan fingerprint density at radius 1 is 0.459 bits per heavy atom. The summed E-state index contributed by atoms with van der Waals surface area (Å²) in [4.78, 5) is 21.9. The number of anilines is 8. The first kappa shape index (κ1) is 74.8. The smallest absolute Gasteiger partial charge is 0.744 e. The maximum Gasteiger partial charge on any atom is 1.00 e. The molecular formula is C32H18Cl2N10Na6O18S6. The van der Waals surface area contributed by atoms with Crippen molar-refractivity contribution in [1.82, 2.24) is 29.9 Å². The second-order valence-electron chi connectivity index (χ2n) is 12.2. The van der Waals surface area contributed by atoms with Gasteiger partial charge in [0, 0.05) is 21.2 Å². The third kappa shape index (κ3) is 23.0. The molecule has 0 atom stereocenters. The number of halogens is 2. The predicted octanol–water partition coefficient (Wildman–Crippen LogP) is -15.1. The van der Waals surface area contributed by atoms with Crippen LogP contribution in [0.15, 0.2) is 102 Å². The first-order chi connectivity index (χ1) is 32.2. The van der Waals surface area contributed by atoms with Crippen molar-refractivity contribution >= 4 is 148 Å². The van der Waals surface area contributed by atoms with Crippen molar-refractivity contribution in [3.8, 4) is 0 Å². The Balaban J connectivity index is 0.00000888. The van der Waals surface area contributed by atoms with Crippen LogP contribution >= 0.6 is 59.3 Å². The van der Waals surface area contributed by atoms with Crippen molar-refractivity contribution in [2.75, 3.05) is 21.3 Å². The zero-order chi connectivity index (χ0) is 49.2. The first-order valence-corrected chi connectivity index (χ1v) is 24.4. The van der Waals surface area contributed by atoms with Crippen molar-refractivity contribution < 1.29 is 260 Å². The molecule has 42 heteroatoms. The molecule has 0 bridgehead atoms. The van der Waals surface area contributed by atoms with Gasteiger partial charge < -0.3 is 50.7 Å². The molecule has 0 saturated carbocycles. The van der Waals surface area contributed by atoms with Crippen LogP contribution in [-0.4, -0.2) is 68.8 Å². The molecule has 2 aromatic heterocycles. The van der Waals surface area contributed by atoms with E-state index in [1.165, 1.54) is 42.5 Å². The average molecular weight is 1230 g/mol. The first-order valence-electron chi connectivity index (χ1n) is 17.1. The predicted molar refractivity (Wildman–Crippen MR) is 225 cm³/mol. The number of hydrogen-bond acceptors (Lipinski definition) is 31. The molecule has 0 aliphatic heterocycles. The molecule has 0 unspecified atom stereocenters. The summed E-state index contributed by atoms with van der Waals surface area (Å²) in [5.74, 6) is -1.30. The van der Waals surface area contributed by atoms with Crippen LogP contribution in [0.1, 0.15) is 11.1 Å². The molecular weight excluding hydrogens is 1210 g/mol. The van der Waals surface area contributed by atoms with Gasteiger partial charge in [0.15, 0.2) is 0 Å². The van der Waals surface area contributed by atoms with Gasteiger partial charge in [-0.05, 0) is 95.0 Å². The molecule has 2 heterocycles. The normalized spacial score (nSPS) is 11.1. The van der Waals surface area contributed by atoms with Crippen molar-refractivity contribution in [2.45, 2.75) is 29.4 Å². The molecule has 6 aromatic rings. The molecule has 4 aromatic carbocycles. The van der Waals surface area contributed by atoms with Gasteiger partial charge >= 0.3 is 177 Å². The van der Waals surface area contributed by atoms with Crippen LogP contribution in [0.25, 0.3) is 12.2 Å². The molecule has 0 spiro atoms. The Morgan fingerprint density at radius 3 is 1.43 bits per heavy atom. The molecule has 360 valence electrons. The van der Waals surface area contributed by atoms with E-state index in [0.29, 0.717) is 36.1 Å². The van der Waals surface area contributed by atoms with Gasteiger partial charge in [-0.2, -0.15) is 42.9 Å². The summed E-state index contributed by atoms with van der Waals surface area (Å²) in [6.07, 6.45) is 2.58. The van der Waals surface area contributed by atoms with Crippen LogP contribution in [0, 0.1) is 0 Å². The number of aromatic nitrogens is 6. The number of nitrogens with zero attached hydrogens (tertiary/aromatic N) is 6. The van der Waals surface area contributed by atoms with E-state index in [9.17, 15) is 54.7 Å². The third-order valence-electron chi connectivity index (χ3n) is 7.88. The van der Waals surface area contributed by atoms with E-state index in [-0.39, 0.29) is 249 Å². The molecule has 0 fully saturated rings. The van der Waals surface area contributed by atoms with Gasteiger partial charge in [-0.25, -0.2) is 25.3 Å². The largest absolute Gasteiger partial charge is 1.00 e. The summed E-state index contributed by atoms with van der Waals surface area (Å²) >= 11 is 13.3.